The lowest BCUT2D eigenvalue weighted by molar-refractivity contribution is -0.384. The third-order valence-corrected chi connectivity index (χ3v) is 3.18. The predicted molar refractivity (Wildman–Crippen MR) is 74.0 cm³/mol. The number of nitro groups is 1. The molecule has 1 fully saturated rings. The van der Waals surface area contributed by atoms with Gasteiger partial charge in [-0.2, -0.15) is 0 Å². The Hall–Kier alpha value is -2.35. The zero-order chi connectivity index (χ0) is 13.8. The van der Waals surface area contributed by atoms with Crippen molar-refractivity contribution in [2.24, 2.45) is 0 Å². The van der Waals surface area contributed by atoms with Gasteiger partial charge in [0.25, 0.3) is 0 Å². The Bertz CT molecular complexity index is 563. The summed E-state index contributed by atoms with van der Waals surface area (Å²) in [5.41, 5.74) is 2.06. The van der Waals surface area contributed by atoms with Crippen LogP contribution in [-0.2, 0) is 0 Å². The van der Waals surface area contributed by atoms with E-state index in [1.807, 2.05) is 11.8 Å². The number of nitrogens with zero attached hydrogens (tertiary/aromatic N) is 3. The van der Waals surface area contributed by atoms with Gasteiger partial charge in [0.1, 0.15) is 0 Å². The summed E-state index contributed by atoms with van der Waals surface area (Å²) in [6.07, 6.45) is 8.69. The van der Waals surface area contributed by atoms with Crippen LogP contribution in [0.25, 0.3) is 0 Å². The summed E-state index contributed by atoms with van der Waals surface area (Å²) >= 11 is 0. The highest BCUT2D eigenvalue weighted by atomic mass is 16.6. The molecule has 0 bridgehead atoms. The topological polar surface area (TPSA) is 59.3 Å². The van der Waals surface area contributed by atoms with E-state index in [-0.39, 0.29) is 10.6 Å². The molecule has 98 valence electrons. The third-order valence-electron chi connectivity index (χ3n) is 3.18. The predicted octanol–water partition coefficient (Wildman–Crippen LogP) is 2.46. The zero-order valence-electron chi connectivity index (χ0n) is 10.8. The minimum atomic E-state index is -0.380. The average molecular weight is 257 g/mol. The van der Waals surface area contributed by atoms with Crippen LogP contribution in [0.2, 0.25) is 0 Å². The van der Waals surface area contributed by atoms with Crippen LogP contribution in [0, 0.1) is 29.4 Å². The molecule has 5 heteroatoms. The minimum Gasteiger partial charge on any atom is -0.350 e. The van der Waals surface area contributed by atoms with E-state index in [2.05, 4.69) is 10.9 Å². The van der Waals surface area contributed by atoms with E-state index >= 15 is 0 Å². The summed E-state index contributed by atoms with van der Waals surface area (Å²) in [5.74, 6) is 2.99. The Balaban J connectivity index is 2.24. The Morgan fingerprint density at radius 1 is 1.47 bits per heavy atom. The number of anilines is 1. The first-order valence-corrected chi connectivity index (χ1v) is 6.13. The number of aromatic nitrogens is 1. The van der Waals surface area contributed by atoms with E-state index < -0.39 is 0 Å². The van der Waals surface area contributed by atoms with Gasteiger partial charge < -0.3 is 4.90 Å². The van der Waals surface area contributed by atoms with Crippen LogP contribution in [0.3, 0.4) is 0 Å². The summed E-state index contributed by atoms with van der Waals surface area (Å²) in [7, 11) is 0. The number of piperidine rings is 1. The first-order chi connectivity index (χ1) is 9.11. The van der Waals surface area contributed by atoms with E-state index in [0.29, 0.717) is 18.9 Å². The van der Waals surface area contributed by atoms with Gasteiger partial charge >= 0.3 is 5.69 Å². The summed E-state index contributed by atoms with van der Waals surface area (Å²) in [5, 5.41) is 11.0. The van der Waals surface area contributed by atoms with Gasteiger partial charge in [0.15, 0.2) is 0 Å². The molecule has 2 rings (SSSR count). The van der Waals surface area contributed by atoms with Gasteiger partial charge in [-0.05, 0) is 31.9 Å². The van der Waals surface area contributed by atoms with E-state index in [1.54, 1.807) is 12.1 Å². The second kappa shape index (κ2) is 5.53. The molecule has 1 aliphatic heterocycles. The molecule has 5 nitrogen and oxygen atoms in total. The SMILES string of the molecule is C#CC=C1CCN(c2nc(C)ccc2[N+](=O)[O-])CC1. The molecule has 1 aromatic rings. The molecule has 2 heterocycles. The molecule has 0 saturated carbocycles. The maximum absolute atomic E-state index is 11.0. The molecule has 0 amide bonds. The van der Waals surface area contributed by atoms with Crippen LogP contribution in [-0.4, -0.2) is 23.0 Å². The highest BCUT2D eigenvalue weighted by molar-refractivity contribution is 5.58. The Kier molecular flexibility index (Phi) is 3.81. The molecule has 1 aromatic heterocycles. The van der Waals surface area contributed by atoms with Crippen LogP contribution >= 0.6 is 0 Å². The van der Waals surface area contributed by atoms with Crippen molar-refractivity contribution in [3.63, 3.8) is 0 Å². The molecular formula is C14H15N3O2. The lowest BCUT2D eigenvalue weighted by atomic mass is 10.0. The maximum Gasteiger partial charge on any atom is 0.311 e. The van der Waals surface area contributed by atoms with Gasteiger partial charge in [0, 0.05) is 24.8 Å². The largest absolute Gasteiger partial charge is 0.350 e. The number of hydrogen-bond acceptors (Lipinski definition) is 4. The second-order valence-electron chi connectivity index (χ2n) is 4.51. The molecule has 0 spiro atoms. The van der Waals surface area contributed by atoms with E-state index in [9.17, 15) is 10.1 Å². The van der Waals surface area contributed by atoms with Crippen molar-refractivity contribution >= 4 is 11.5 Å². The quantitative estimate of drug-likeness (QED) is 0.464. The smallest absolute Gasteiger partial charge is 0.311 e. The van der Waals surface area contributed by atoms with Gasteiger partial charge in [-0.25, -0.2) is 4.98 Å². The third kappa shape index (κ3) is 2.91. The van der Waals surface area contributed by atoms with Crippen molar-refractivity contribution in [1.82, 2.24) is 4.98 Å². The summed E-state index contributed by atoms with van der Waals surface area (Å²) in [4.78, 5) is 16.9. The Morgan fingerprint density at radius 2 is 2.16 bits per heavy atom. The van der Waals surface area contributed by atoms with Crippen LogP contribution in [0.15, 0.2) is 23.8 Å². The number of rotatable bonds is 2. The lowest BCUT2D eigenvalue weighted by Crippen LogP contribution is -2.32. The van der Waals surface area contributed by atoms with Crippen molar-refractivity contribution in [3.05, 3.63) is 39.6 Å². The van der Waals surface area contributed by atoms with Crippen LogP contribution < -0.4 is 4.90 Å². The van der Waals surface area contributed by atoms with Crippen molar-refractivity contribution in [3.8, 4) is 12.3 Å². The molecule has 0 atom stereocenters. The molecular weight excluding hydrogens is 242 g/mol. The van der Waals surface area contributed by atoms with Crippen LogP contribution in [0.5, 0.6) is 0 Å². The first-order valence-electron chi connectivity index (χ1n) is 6.13. The molecule has 0 unspecified atom stereocenters. The van der Waals surface area contributed by atoms with Gasteiger partial charge in [0.2, 0.25) is 5.82 Å². The van der Waals surface area contributed by atoms with Crippen molar-refractivity contribution in [2.45, 2.75) is 19.8 Å². The Labute approximate surface area is 112 Å². The van der Waals surface area contributed by atoms with Gasteiger partial charge in [-0.1, -0.05) is 11.5 Å². The number of hydrogen-bond donors (Lipinski definition) is 0. The molecule has 0 radical (unpaired) electrons. The normalized spacial score (nSPS) is 14.9. The van der Waals surface area contributed by atoms with Crippen molar-refractivity contribution < 1.29 is 4.92 Å². The molecule has 0 aliphatic carbocycles. The van der Waals surface area contributed by atoms with Crippen LogP contribution in [0.4, 0.5) is 11.5 Å². The number of allylic oxidation sites excluding steroid dienone is 1. The fraction of sp³-hybridized carbons (Fsp3) is 0.357. The van der Waals surface area contributed by atoms with Crippen molar-refractivity contribution in [2.75, 3.05) is 18.0 Å². The van der Waals surface area contributed by atoms with E-state index in [0.717, 1.165) is 18.5 Å². The zero-order valence-corrected chi connectivity index (χ0v) is 10.8. The number of aryl methyl sites for hydroxylation is 1. The molecule has 1 aliphatic rings. The minimum absolute atomic E-state index is 0.0648. The molecule has 19 heavy (non-hydrogen) atoms. The Morgan fingerprint density at radius 3 is 2.74 bits per heavy atom. The number of terminal acetylenes is 1. The lowest BCUT2D eigenvalue weighted by Gasteiger charge is -2.28. The van der Waals surface area contributed by atoms with Gasteiger partial charge in [-0.3, -0.25) is 10.1 Å². The molecule has 0 aromatic carbocycles. The number of pyridine rings is 1. The second-order valence-corrected chi connectivity index (χ2v) is 4.51. The maximum atomic E-state index is 11.0. The fourth-order valence-corrected chi connectivity index (χ4v) is 2.18. The monoisotopic (exact) mass is 257 g/mol. The standard InChI is InChI=1S/C14H15N3O2/c1-3-4-12-7-9-16(10-8-12)14-13(17(18)19)6-5-11(2)15-14/h1,4-6H,7-10H2,2H3. The summed E-state index contributed by atoms with van der Waals surface area (Å²) in [6.45, 7) is 3.26. The van der Waals surface area contributed by atoms with E-state index in [4.69, 9.17) is 6.42 Å². The highest BCUT2D eigenvalue weighted by Crippen LogP contribution is 2.29. The molecule has 1 saturated heterocycles. The highest BCUT2D eigenvalue weighted by Gasteiger charge is 2.23. The van der Waals surface area contributed by atoms with Crippen LogP contribution in [0.1, 0.15) is 18.5 Å². The fourth-order valence-electron chi connectivity index (χ4n) is 2.18. The summed E-state index contributed by atoms with van der Waals surface area (Å²) in [6, 6.07) is 3.18. The summed E-state index contributed by atoms with van der Waals surface area (Å²) < 4.78 is 0. The first kappa shape index (κ1) is 13.1. The molecule has 0 N–H and O–H groups in total. The average Bonchev–Trinajstić information content (AvgIpc) is 2.39. The van der Waals surface area contributed by atoms with Gasteiger partial charge in [-0.15, -0.1) is 6.42 Å². The van der Waals surface area contributed by atoms with E-state index in [1.165, 1.54) is 11.6 Å². The van der Waals surface area contributed by atoms with Gasteiger partial charge in [0.05, 0.1) is 4.92 Å². The van der Waals surface area contributed by atoms with Crippen molar-refractivity contribution in [1.29, 1.82) is 0 Å².